The monoisotopic (exact) mass is 535 g/mol. The number of ether oxygens (including phenoxy) is 2. The third-order valence-corrected chi connectivity index (χ3v) is 7.30. The van der Waals surface area contributed by atoms with Gasteiger partial charge < -0.3 is 9.47 Å². The summed E-state index contributed by atoms with van der Waals surface area (Å²) in [6.45, 7) is 0.0764. The van der Waals surface area contributed by atoms with Gasteiger partial charge in [-0.3, -0.25) is 9.78 Å². The fraction of sp³-hybridized carbons (Fsp3) is 0.286. The van der Waals surface area contributed by atoms with Crippen LogP contribution >= 0.6 is 0 Å². The SMILES string of the molecule is O=C(CCCCCC(CCc1ccccc1)(c1ccccc1)c1ccccc1)OCCOC(=O)c1cccnc1. The highest BCUT2D eigenvalue weighted by Crippen LogP contribution is 2.41. The summed E-state index contributed by atoms with van der Waals surface area (Å²) in [5.41, 5.74) is 4.26. The van der Waals surface area contributed by atoms with E-state index in [1.807, 2.05) is 0 Å². The lowest BCUT2D eigenvalue weighted by atomic mass is 9.67. The van der Waals surface area contributed by atoms with Gasteiger partial charge in [-0.05, 0) is 54.5 Å². The van der Waals surface area contributed by atoms with E-state index in [0.717, 1.165) is 38.5 Å². The Labute approximate surface area is 237 Å². The second kappa shape index (κ2) is 15.4. The number of aryl methyl sites for hydroxylation is 1. The van der Waals surface area contributed by atoms with E-state index >= 15 is 0 Å². The Kier molecular flexibility index (Phi) is 11.0. The van der Waals surface area contributed by atoms with Crippen molar-refractivity contribution < 1.29 is 19.1 Å². The van der Waals surface area contributed by atoms with Crippen LogP contribution in [-0.4, -0.2) is 30.1 Å². The molecule has 0 atom stereocenters. The number of hydrogen-bond donors (Lipinski definition) is 0. The molecule has 1 heterocycles. The van der Waals surface area contributed by atoms with E-state index in [2.05, 4.69) is 96.0 Å². The van der Waals surface area contributed by atoms with Crippen LogP contribution in [0.1, 0.15) is 65.6 Å². The third kappa shape index (κ3) is 8.37. The first-order valence-corrected chi connectivity index (χ1v) is 14.1. The van der Waals surface area contributed by atoms with Crippen molar-refractivity contribution >= 4 is 11.9 Å². The molecule has 4 aromatic rings. The zero-order valence-electron chi connectivity index (χ0n) is 22.9. The van der Waals surface area contributed by atoms with E-state index in [0.29, 0.717) is 12.0 Å². The molecular formula is C35H37NO4. The molecule has 40 heavy (non-hydrogen) atoms. The topological polar surface area (TPSA) is 65.5 Å². The Morgan fingerprint density at radius 1 is 0.650 bits per heavy atom. The molecule has 0 fully saturated rings. The van der Waals surface area contributed by atoms with E-state index in [1.165, 1.54) is 22.9 Å². The molecule has 0 saturated heterocycles. The fourth-order valence-electron chi connectivity index (χ4n) is 5.19. The highest BCUT2D eigenvalue weighted by atomic mass is 16.6. The van der Waals surface area contributed by atoms with Crippen LogP contribution in [0.4, 0.5) is 0 Å². The zero-order valence-corrected chi connectivity index (χ0v) is 22.9. The van der Waals surface area contributed by atoms with Crippen molar-refractivity contribution in [2.45, 2.75) is 50.4 Å². The predicted octanol–water partition coefficient (Wildman–Crippen LogP) is 7.35. The molecule has 4 rings (SSSR count). The minimum absolute atomic E-state index is 0.0254. The van der Waals surface area contributed by atoms with Crippen LogP contribution in [-0.2, 0) is 26.1 Å². The quantitative estimate of drug-likeness (QED) is 0.118. The van der Waals surface area contributed by atoms with Gasteiger partial charge in [0.2, 0.25) is 0 Å². The molecule has 5 nitrogen and oxygen atoms in total. The Bertz CT molecular complexity index is 1260. The van der Waals surface area contributed by atoms with Crippen LogP contribution in [0.15, 0.2) is 116 Å². The first-order chi connectivity index (χ1) is 19.7. The maximum atomic E-state index is 12.2. The summed E-state index contributed by atoms with van der Waals surface area (Å²) in [7, 11) is 0. The van der Waals surface area contributed by atoms with Crippen LogP contribution in [0.25, 0.3) is 0 Å². The van der Waals surface area contributed by atoms with Gasteiger partial charge in [-0.1, -0.05) is 104 Å². The fourth-order valence-corrected chi connectivity index (χ4v) is 5.19. The van der Waals surface area contributed by atoms with Crippen LogP contribution in [0.3, 0.4) is 0 Å². The molecule has 0 amide bonds. The van der Waals surface area contributed by atoms with Crippen LogP contribution in [0.5, 0.6) is 0 Å². The van der Waals surface area contributed by atoms with E-state index in [9.17, 15) is 9.59 Å². The van der Waals surface area contributed by atoms with E-state index < -0.39 is 5.97 Å². The zero-order chi connectivity index (χ0) is 27.9. The summed E-state index contributed by atoms with van der Waals surface area (Å²) in [6, 6.07) is 35.6. The number of carbonyl (C=O) groups excluding carboxylic acids is 2. The number of benzene rings is 3. The van der Waals surface area contributed by atoms with Gasteiger partial charge in [0.15, 0.2) is 0 Å². The van der Waals surface area contributed by atoms with Gasteiger partial charge in [0.1, 0.15) is 13.2 Å². The molecule has 0 aliphatic rings. The Morgan fingerprint density at radius 3 is 1.90 bits per heavy atom. The molecule has 5 heteroatoms. The molecule has 0 N–H and O–H groups in total. The van der Waals surface area contributed by atoms with Crippen molar-refractivity contribution in [1.82, 2.24) is 4.98 Å². The first kappa shape index (κ1) is 28.8. The van der Waals surface area contributed by atoms with E-state index in [1.54, 1.807) is 18.3 Å². The van der Waals surface area contributed by atoms with Crippen molar-refractivity contribution in [1.29, 1.82) is 0 Å². The number of pyridine rings is 1. The average Bonchev–Trinajstić information content (AvgIpc) is 3.02. The molecule has 0 aliphatic heterocycles. The lowest BCUT2D eigenvalue weighted by Crippen LogP contribution is -2.29. The summed E-state index contributed by atoms with van der Waals surface area (Å²) in [5, 5.41) is 0. The lowest BCUT2D eigenvalue weighted by molar-refractivity contribution is -0.144. The first-order valence-electron chi connectivity index (χ1n) is 14.1. The maximum absolute atomic E-state index is 12.2. The summed E-state index contributed by atoms with van der Waals surface area (Å²) >= 11 is 0. The number of rotatable bonds is 15. The number of hydrogen-bond acceptors (Lipinski definition) is 5. The van der Waals surface area contributed by atoms with Crippen molar-refractivity contribution in [2.75, 3.05) is 13.2 Å². The van der Waals surface area contributed by atoms with Gasteiger partial charge in [-0.2, -0.15) is 0 Å². The van der Waals surface area contributed by atoms with Crippen molar-refractivity contribution in [2.24, 2.45) is 0 Å². The van der Waals surface area contributed by atoms with Crippen molar-refractivity contribution in [3.8, 4) is 0 Å². The molecule has 0 bridgehead atoms. The molecule has 0 spiro atoms. The average molecular weight is 536 g/mol. The molecule has 0 saturated carbocycles. The van der Waals surface area contributed by atoms with Gasteiger partial charge >= 0.3 is 11.9 Å². The maximum Gasteiger partial charge on any atom is 0.339 e. The summed E-state index contributed by atoms with van der Waals surface area (Å²) in [4.78, 5) is 28.1. The third-order valence-electron chi connectivity index (χ3n) is 7.30. The molecule has 0 unspecified atom stereocenters. The van der Waals surface area contributed by atoms with Gasteiger partial charge in [0.05, 0.1) is 5.56 Å². The largest absolute Gasteiger partial charge is 0.462 e. The second-order valence-electron chi connectivity index (χ2n) is 9.96. The number of esters is 2. The number of carbonyl (C=O) groups is 2. The Balaban J connectivity index is 1.29. The molecule has 3 aromatic carbocycles. The molecule has 0 radical (unpaired) electrons. The van der Waals surface area contributed by atoms with Gasteiger partial charge in [-0.15, -0.1) is 0 Å². The van der Waals surface area contributed by atoms with Crippen LogP contribution in [0.2, 0.25) is 0 Å². The molecule has 0 aliphatic carbocycles. The van der Waals surface area contributed by atoms with Gasteiger partial charge in [-0.25, -0.2) is 4.79 Å². The molecular weight excluding hydrogens is 498 g/mol. The minimum atomic E-state index is -0.475. The number of nitrogens with zero attached hydrogens (tertiary/aromatic N) is 1. The van der Waals surface area contributed by atoms with E-state index in [-0.39, 0.29) is 24.6 Å². The van der Waals surface area contributed by atoms with Gasteiger partial charge in [0.25, 0.3) is 0 Å². The second-order valence-corrected chi connectivity index (χ2v) is 9.96. The molecule has 1 aromatic heterocycles. The number of aromatic nitrogens is 1. The smallest absolute Gasteiger partial charge is 0.339 e. The Hall–Kier alpha value is -4.25. The highest BCUT2D eigenvalue weighted by Gasteiger charge is 2.33. The van der Waals surface area contributed by atoms with Gasteiger partial charge in [0, 0.05) is 24.2 Å². The van der Waals surface area contributed by atoms with Crippen molar-refractivity contribution in [3.05, 3.63) is 138 Å². The molecule has 206 valence electrons. The Morgan fingerprint density at radius 2 is 1.27 bits per heavy atom. The highest BCUT2D eigenvalue weighted by molar-refractivity contribution is 5.88. The summed E-state index contributed by atoms with van der Waals surface area (Å²) in [5.74, 6) is -0.740. The normalized spacial score (nSPS) is 11.1. The summed E-state index contributed by atoms with van der Waals surface area (Å²) < 4.78 is 10.4. The summed E-state index contributed by atoms with van der Waals surface area (Å²) in [6.07, 6.45) is 9.05. The van der Waals surface area contributed by atoms with E-state index in [4.69, 9.17) is 9.47 Å². The van der Waals surface area contributed by atoms with Crippen molar-refractivity contribution in [3.63, 3.8) is 0 Å². The minimum Gasteiger partial charge on any atom is -0.462 e. The van der Waals surface area contributed by atoms with Crippen LogP contribution in [0, 0.1) is 0 Å². The number of unbranched alkanes of at least 4 members (excludes halogenated alkanes) is 2. The predicted molar refractivity (Wildman–Crippen MR) is 157 cm³/mol. The standard InChI is InChI=1S/C35H37NO4/c37-33(39-26-27-40-34(38)30-16-13-25-36-28-30)21-11-4-12-23-35(31-17-7-2-8-18-31,32-19-9-3-10-20-32)24-22-29-14-5-1-6-15-29/h1-3,5-10,13-20,25,28H,4,11-12,21-24,26-27H2. The lowest BCUT2D eigenvalue weighted by Gasteiger charge is -2.36. The van der Waals surface area contributed by atoms with Crippen LogP contribution < -0.4 is 0 Å².